The van der Waals surface area contributed by atoms with Gasteiger partial charge in [0.1, 0.15) is 18.3 Å². The van der Waals surface area contributed by atoms with E-state index >= 15 is 0 Å². The number of aliphatic hydroxyl groups excluding tert-OH is 2. The lowest BCUT2D eigenvalue weighted by Gasteiger charge is -2.48. The highest BCUT2D eigenvalue weighted by atomic mass is 31.2. The molecule has 6 aliphatic heterocycles. The zero-order chi connectivity index (χ0) is 66.7. The summed E-state index contributed by atoms with van der Waals surface area (Å²) in [5, 5.41) is 28.2. The van der Waals surface area contributed by atoms with Crippen molar-refractivity contribution in [2.45, 2.75) is 189 Å². The van der Waals surface area contributed by atoms with Gasteiger partial charge in [-0.15, -0.1) is 0 Å². The first kappa shape index (κ1) is 68.9. The van der Waals surface area contributed by atoms with E-state index in [1.807, 2.05) is 87.4 Å². The number of nitrogens with two attached hydrogens (primary N) is 6. The smallest absolute Gasteiger partial charge is 0.394 e. The largest absolute Gasteiger partial charge is 0.472 e. The van der Waals surface area contributed by atoms with Crippen molar-refractivity contribution in [1.29, 1.82) is 0 Å². The number of nitrogens with zero attached hydrogens (tertiary/aromatic N) is 5. The normalized spacial score (nSPS) is 32.6. The van der Waals surface area contributed by atoms with Crippen LogP contribution in [0.1, 0.15) is 150 Å². The molecule has 2 aromatic rings. The number of aliphatic hydroxyl groups is 2. The minimum atomic E-state index is -5.07. The first-order valence-corrected chi connectivity index (χ1v) is 32.1. The molecule has 17 N–H and O–H groups in total. The maximum atomic E-state index is 14.4. The third-order valence-corrected chi connectivity index (χ3v) is 21.7. The number of phosphoric ester groups is 1. The number of phosphoric acid groups is 1. The van der Waals surface area contributed by atoms with Gasteiger partial charge in [0.2, 0.25) is 41.4 Å². The van der Waals surface area contributed by atoms with Gasteiger partial charge in [0.15, 0.2) is 6.23 Å². The van der Waals surface area contributed by atoms with Gasteiger partial charge in [0, 0.05) is 131 Å². The van der Waals surface area contributed by atoms with Crippen molar-refractivity contribution in [2.75, 3.05) is 13.2 Å². The third kappa shape index (κ3) is 13.0. The molecule has 7 amide bonds. The molecule has 2 fully saturated rings. The number of imidazole rings is 1. The number of primary amides is 6. The average molecular weight is 1270 g/mol. The number of nitrogens with one attached hydrogen (secondary N) is 2. The lowest BCUT2D eigenvalue weighted by molar-refractivity contribution is -0.124. The summed E-state index contributed by atoms with van der Waals surface area (Å²) in [7, 11) is -5.07. The quantitative estimate of drug-likeness (QED) is 0.0603. The van der Waals surface area contributed by atoms with Crippen LogP contribution in [-0.2, 0) is 51.9 Å². The predicted octanol–water partition coefficient (Wildman–Crippen LogP) is 3.16. The van der Waals surface area contributed by atoms with Crippen LogP contribution in [0.4, 0.5) is 0 Å². The molecule has 0 aliphatic carbocycles. The number of carbonyl (C=O) groups excluding carboxylic acids is 7. The highest BCUT2D eigenvalue weighted by Crippen LogP contribution is 2.63. The molecule has 7 heterocycles. The Labute approximate surface area is 523 Å². The Morgan fingerprint density at radius 3 is 1.99 bits per heavy atom. The van der Waals surface area contributed by atoms with Gasteiger partial charge in [-0.05, 0) is 108 Å². The fraction of sp³-hybridized carbons (Fsp3) is 0.629. The molecule has 2 unspecified atom stereocenters. The molecule has 90 heavy (non-hydrogen) atoms. The molecule has 15 atom stereocenters. The Kier molecular flexibility index (Phi) is 19.6. The summed E-state index contributed by atoms with van der Waals surface area (Å²) in [6.07, 6.45) is -4.26. The van der Waals surface area contributed by atoms with E-state index in [1.54, 1.807) is 4.57 Å². The van der Waals surface area contributed by atoms with Crippen molar-refractivity contribution in [1.82, 2.24) is 20.2 Å². The van der Waals surface area contributed by atoms with Crippen LogP contribution in [0, 0.1) is 59.2 Å². The second kappa shape index (κ2) is 25.6. The molecule has 2 saturated heterocycles. The number of aliphatic imine (C=N–C) groups is 3. The maximum Gasteiger partial charge on any atom is 0.472 e. The fourth-order valence-corrected chi connectivity index (χ4v) is 16.6. The topological polar surface area (TPSA) is 460 Å². The summed E-state index contributed by atoms with van der Waals surface area (Å²) in [6, 6.07) is 2.70. The van der Waals surface area contributed by atoms with Gasteiger partial charge in [0.05, 0.1) is 41.7 Å². The van der Waals surface area contributed by atoms with Crippen LogP contribution in [0.25, 0.3) is 11.0 Å². The highest BCUT2D eigenvalue weighted by molar-refractivity contribution is 7.47. The van der Waals surface area contributed by atoms with Crippen molar-refractivity contribution in [3.8, 4) is 0 Å². The zero-order valence-electron chi connectivity index (χ0n) is 53.3. The minimum absolute atomic E-state index is 0.0114. The predicted molar refractivity (Wildman–Crippen MR) is 334 cm³/mol. The summed E-state index contributed by atoms with van der Waals surface area (Å²) in [4.78, 5) is 126. The number of ether oxygens (including phenoxy) is 1. The molecular weight excluding hydrogens is 1180 g/mol. The van der Waals surface area contributed by atoms with Gasteiger partial charge in [-0.1, -0.05) is 34.6 Å². The van der Waals surface area contributed by atoms with Gasteiger partial charge in [-0.2, -0.15) is 0 Å². The molecule has 8 rings (SSSR count). The average Bonchev–Trinajstić information content (AvgIpc) is 1.53. The second-order valence-corrected chi connectivity index (χ2v) is 28.4. The summed E-state index contributed by atoms with van der Waals surface area (Å²) in [5.74, 6) is -7.18. The fourth-order valence-electron chi connectivity index (χ4n) is 15.4. The first-order chi connectivity index (χ1) is 41.8. The Morgan fingerprint density at radius 2 is 1.40 bits per heavy atom. The molecule has 8 bridgehead atoms. The SMILES string of the molecule is CC1=C2N=C(/C=C3\NC(=C(C)C4=N[C@@](C)([C@@H]5N=C1[C@](C)(CCC(=O)NCC(C)OP(=O)(O)O[C@H]1[C@@H](O)[C@@H](n6cnc7cc(C)c(C)cc76)O[C@@H]1CO)[C@H]5CC(N)=O)[C@@](C)(CC(N)=O)[C@@H]4CCC(N)=O)[C@@](C)(CC(N)=O)[C@@H]3CCC(N)=O)C(C)(C)[C@@H]2CCC(N)=O. The number of fused-ring (bicyclic) bond motifs is 7. The summed E-state index contributed by atoms with van der Waals surface area (Å²) < 4.78 is 32.3. The van der Waals surface area contributed by atoms with Crippen molar-refractivity contribution in [3.63, 3.8) is 0 Å². The number of carbonyl (C=O) groups is 7. The van der Waals surface area contributed by atoms with Crippen LogP contribution in [0.5, 0.6) is 0 Å². The Bertz CT molecular complexity index is 3540. The Balaban J connectivity index is 1.19. The molecule has 0 radical (unpaired) electrons. The van der Waals surface area contributed by atoms with E-state index in [-0.39, 0.29) is 77.2 Å². The molecule has 28 heteroatoms. The number of aromatic nitrogens is 2. The van der Waals surface area contributed by atoms with Crippen molar-refractivity contribution < 1.29 is 67.0 Å². The number of rotatable bonds is 26. The van der Waals surface area contributed by atoms with Crippen molar-refractivity contribution in [2.24, 2.45) is 94.7 Å². The minimum Gasteiger partial charge on any atom is -0.394 e. The van der Waals surface area contributed by atoms with Gasteiger partial charge in [-0.3, -0.25) is 57.6 Å². The monoisotopic (exact) mass is 1270 g/mol. The molecule has 0 spiro atoms. The van der Waals surface area contributed by atoms with Crippen LogP contribution in [0.2, 0.25) is 0 Å². The molecule has 0 saturated carbocycles. The van der Waals surface area contributed by atoms with Gasteiger partial charge >= 0.3 is 7.82 Å². The number of hydrogen-bond acceptors (Lipinski definition) is 18. The van der Waals surface area contributed by atoms with Crippen LogP contribution < -0.4 is 45.0 Å². The van der Waals surface area contributed by atoms with E-state index in [0.29, 0.717) is 56.4 Å². The van der Waals surface area contributed by atoms with Crippen LogP contribution in [0.15, 0.2) is 67.8 Å². The molecule has 27 nitrogen and oxygen atoms in total. The Hall–Kier alpha value is -7.00. The lowest BCUT2D eigenvalue weighted by atomic mass is 9.55. The highest BCUT2D eigenvalue weighted by Gasteiger charge is 2.66. The van der Waals surface area contributed by atoms with Gasteiger partial charge in [0.25, 0.3) is 0 Å². The van der Waals surface area contributed by atoms with E-state index in [1.165, 1.54) is 13.3 Å². The standard InChI is InChI=1S/C62H90N13O14P/c1-29-20-39-40(21-30(29)2)75(28-70-39)57-52(84)53(41(27-76)87-57)89-90(85,86)88-31(3)26-69-49(83)18-19-59(8)37(22-46(66)80)56-62(11)61(10,25-48(68)82)36(14-17-45(65)79)51(74-62)33(5)55-60(9,24-47(67)81)34(12-15-43(63)77)38(71-55)23-42-58(6,7)35(13-16-44(64)78)50(72-42)32(4)54(59)73-56/h20-21,23,28,31,34-37,41,52-53,56-57,71,76,84H,12-19,22,24-27H2,1-11H3,(H2,63,77)(H2,64,78)(H2,65,79)(H2,66,80)(H2,67,81)(H2,68,82)(H,69,83)(H,85,86)/b38-23-,50-32?,55-33?/t31?,34-,35-,36-,37+,41-,52-,53-,56-,57+,59-,60+,61+,62+/m1/s1. The van der Waals surface area contributed by atoms with Crippen LogP contribution in [0.3, 0.4) is 0 Å². The number of amides is 7. The van der Waals surface area contributed by atoms with Crippen molar-refractivity contribution in [3.05, 3.63) is 63.9 Å². The number of allylic oxidation sites excluding steroid dienone is 6. The summed E-state index contributed by atoms with van der Waals surface area (Å²) in [5.41, 5.74) is 37.4. The zero-order valence-corrected chi connectivity index (χ0v) is 54.1. The lowest BCUT2D eigenvalue weighted by Crippen LogP contribution is -2.56. The second-order valence-electron chi connectivity index (χ2n) is 27.1. The molecule has 492 valence electrons. The first-order valence-electron chi connectivity index (χ1n) is 30.6. The van der Waals surface area contributed by atoms with Gasteiger partial charge in [-0.25, -0.2) is 9.55 Å². The number of benzene rings is 1. The molecule has 1 aromatic heterocycles. The summed E-state index contributed by atoms with van der Waals surface area (Å²) in [6.45, 7) is 19.3. The number of aryl methyl sites for hydroxylation is 2. The number of hydrogen-bond donors (Lipinski definition) is 11. The maximum absolute atomic E-state index is 14.4. The summed E-state index contributed by atoms with van der Waals surface area (Å²) >= 11 is 0. The third-order valence-electron chi connectivity index (χ3n) is 20.6. The molecule has 1 aromatic carbocycles. The van der Waals surface area contributed by atoms with Crippen LogP contribution >= 0.6 is 7.82 Å². The van der Waals surface area contributed by atoms with Crippen molar-refractivity contribution >= 4 is 77.3 Å². The van der Waals surface area contributed by atoms with E-state index in [0.717, 1.165) is 11.1 Å². The Morgan fingerprint density at radius 1 is 0.800 bits per heavy atom. The molecular formula is C62H90N13O14P. The van der Waals surface area contributed by atoms with E-state index in [2.05, 4.69) is 15.6 Å². The van der Waals surface area contributed by atoms with Crippen LogP contribution in [-0.4, -0.2) is 132 Å². The molecule has 6 aliphatic rings. The van der Waals surface area contributed by atoms with E-state index in [9.17, 15) is 53.2 Å². The van der Waals surface area contributed by atoms with E-state index in [4.69, 9.17) is 63.2 Å². The van der Waals surface area contributed by atoms with E-state index < -0.39 is 143 Å². The van der Waals surface area contributed by atoms with Gasteiger partial charge < -0.3 is 69.4 Å².